The summed E-state index contributed by atoms with van der Waals surface area (Å²) in [6, 6.07) is 7.08. The SMILES string of the molecule is CCCCCCCCCCCCCCCCC1CSC(=S)N1S(=O)(=O)c1ccc(C)cc1. The molecule has 0 bridgehead atoms. The maximum absolute atomic E-state index is 13.1. The first kappa shape index (κ1) is 27.7. The van der Waals surface area contributed by atoms with E-state index in [1.165, 1.54) is 99.5 Å². The third-order valence-electron chi connectivity index (χ3n) is 6.38. The molecule has 1 unspecified atom stereocenters. The summed E-state index contributed by atoms with van der Waals surface area (Å²) in [5.74, 6) is 0.780. The average Bonchev–Trinajstić information content (AvgIpc) is 3.15. The molecule has 6 heteroatoms. The average molecular weight is 498 g/mol. The summed E-state index contributed by atoms with van der Waals surface area (Å²) in [6.07, 6.45) is 19.6. The molecule has 1 aliphatic rings. The fourth-order valence-electron chi connectivity index (χ4n) is 4.34. The van der Waals surface area contributed by atoms with Gasteiger partial charge in [-0.3, -0.25) is 0 Å². The van der Waals surface area contributed by atoms with E-state index in [1.54, 1.807) is 12.1 Å². The van der Waals surface area contributed by atoms with E-state index in [9.17, 15) is 8.42 Å². The van der Waals surface area contributed by atoms with Crippen LogP contribution < -0.4 is 0 Å². The van der Waals surface area contributed by atoms with Crippen molar-refractivity contribution >= 4 is 38.3 Å². The van der Waals surface area contributed by atoms with Gasteiger partial charge in [0, 0.05) is 5.75 Å². The molecule has 1 aromatic carbocycles. The van der Waals surface area contributed by atoms with E-state index in [0.717, 1.165) is 24.2 Å². The highest BCUT2D eigenvalue weighted by atomic mass is 32.2. The van der Waals surface area contributed by atoms with E-state index in [4.69, 9.17) is 12.2 Å². The van der Waals surface area contributed by atoms with Crippen molar-refractivity contribution in [1.82, 2.24) is 4.31 Å². The lowest BCUT2D eigenvalue weighted by molar-refractivity contribution is 0.429. The van der Waals surface area contributed by atoms with E-state index >= 15 is 0 Å². The lowest BCUT2D eigenvalue weighted by Gasteiger charge is -2.25. The Morgan fingerprint density at radius 2 is 1.31 bits per heavy atom. The van der Waals surface area contributed by atoms with Crippen molar-refractivity contribution < 1.29 is 8.42 Å². The molecule has 0 amide bonds. The van der Waals surface area contributed by atoms with Gasteiger partial charge in [0.25, 0.3) is 10.0 Å². The fourth-order valence-corrected chi connectivity index (χ4v) is 7.94. The number of thiocarbonyl (C=S) groups is 1. The van der Waals surface area contributed by atoms with Gasteiger partial charge in [0.15, 0.2) is 4.32 Å². The minimum atomic E-state index is -3.55. The number of aryl methyl sites for hydroxylation is 1. The third-order valence-corrected chi connectivity index (χ3v) is 10.0. The molecule has 0 aliphatic carbocycles. The van der Waals surface area contributed by atoms with E-state index in [0.29, 0.717) is 9.22 Å². The molecule has 0 radical (unpaired) electrons. The van der Waals surface area contributed by atoms with Crippen LogP contribution in [-0.2, 0) is 10.0 Å². The lowest BCUT2D eigenvalue weighted by Crippen LogP contribution is -2.38. The maximum atomic E-state index is 13.1. The molecular formula is C26H43NO2S3. The summed E-state index contributed by atoms with van der Waals surface area (Å²) >= 11 is 6.91. The lowest BCUT2D eigenvalue weighted by atomic mass is 10.0. The predicted molar refractivity (Wildman–Crippen MR) is 144 cm³/mol. The summed E-state index contributed by atoms with van der Waals surface area (Å²) in [6.45, 7) is 4.24. The van der Waals surface area contributed by atoms with Gasteiger partial charge in [-0.2, -0.15) is 0 Å². The smallest absolute Gasteiger partial charge is 0.247 e. The topological polar surface area (TPSA) is 37.4 Å². The van der Waals surface area contributed by atoms with Gasteiger partial charge in [-0.15, -0.1) is 0 Å². The number of thioether (sulfide) groups is 1. The van der Waals surface area contributed by atoms with Crippen LogP contribution in [0.2, 0.25) is 0 Å². The standard InChI is InChI=1S/C26H43NO2S3/c1-3-4-5-6-7-8-9-10-11-12-13-14-15-16-17-24-22-31-26(30)27(24)32(28,29)25-20-18-23(2)19-21-25/h18-21,24H,3-17,22H2,1-2H3. The number of hydrogen-bond acceptors (Lipinski definition) is 4. The minimum Gasteiger partial charge on any atom is -0.247 e. The molecule has 1 aliphatic heterocycles. The second kappa shape index (κ2) is 15.3. The highest BCUT2D eigenvalue weighted by Crippen LogP contribution is 2.33. The Kier molecular flexibility index (Phi) is 13.3. The van der Waals surface area contributed by atoms with Gasteiger partial charge in [0.05, 0.1) is 10.9 Å². The molecule has 3 nitrogen and oxygen atoms in total. The number of hydrogen-bond donors (Lipinski definition) is 0. The maximum Gasteiger partial charge on any atom is 0.265 e. The Balaban J connectivity index is 1.58. The minimum absolute atomic E-state index is 0.00358. The van der Waals surface area contributed by atoms with Gasteiger partial charge >= 0.3 is 0 Å². The molecule has 0 N–H and O–H groups in total. The van der Waals surface area contributed by atoms with Crippen molar-refractivity contribution in [2.75, 3.05) is 5.75 Å². The summed E-state index contributed by atoms with van der Waals surface area (Å²) in [7, 11) is -3.55. The van der Waals surface area contributed by atoms with Crippen LogP contribution in [0, 0.1) is 6.92 Å². The van der Waals surface area contributed by atoms with Gasteiger partial charge < -0.3 is 0 Å². The monoisotopic (exact) mass is 497 g/mol. The van der Waals surface area contributed by atoms with Crippen LogP contribution in [0.25, 0.3) is 0 Å². The second-order valence-corrected chi connectivity index (χ2v) is 12.7. The Hall–Kier alpha value is -0.590. The molecule has 1 aromatic rings. The number of rotatable bonds is 17. The summed E-state index contributed by atoms with van der Waals surface area (Å²) in [5, 5.41) is 0. The van der Waals surface area contributed by atoms with Crippen molar-refractivity contribution in [2.24, 2.45) is 0 Å². The molecule has 1 fully saturated rings. The number of benzene rings is 1. The largest absolute Gasteiger partial charge is 0.265 e. The van der Waals surface area contributed by atoms with Crippen LogP contribution >= 0.6 is 24.0 Å². The number of sulfonamides is 1. The summed E-state index contributed by atoms with van der Waals surface area (Å²) in [4.78, 5) is 0.346. The van der Waals surface area contributed by atoms with E-state index in [-0.39, 0.29) is 6.04 Å². The van der Waals surface area contributed by atoms with Gasteiger partial charge in [-0.25, -0.2) is 12.7 Å². The molecule has 1 heterocycles. The van der Waals surface area contributed by atoms with Gasteiger partial charge in [0.1, 0.15) is 0 Å². The van der Waals surface area contributed by atoms with Crippen LogP contribution in [-0.4, -0.2) is 28.8 Å². The van der Waals surface area contributed by atoms with Crippen LogP contribution in [0.1, 0.15) is 109 Å². The Labute approximate surface area is 207 Å². The first-order valence-corrected chi connectivity index (χ1v) is 15.6. The highest BCUT2D eigenvalue weighted by molar-refractivity contribution is 8.24. The zero-order valence-electron chi connectivity index (χ0n) is 20.2. The van der Waals surface area contributed by atoms with Crippen molar-refractivity contribution in [2.45, 2.75) is 121 Å². The van der Waals surface area contributed by atoms with Crippen LogP contribution in [0.15, 0.2) is 29.2 Å². The van der Waals surface area contributed by atoms with Crippen molar-refractivity contribution in [3.05, 3.63) is 29.8 Å². The predicted octanol–water partition coefficient (Wildman–Crippen LogP) is 8.26. The molecular weight excluding hydrogens is 454 g/mol. The second-order valence-electron chi connectivity index (χ2n) is 9.23. The Morgan fingerprint density at radius 1 is 0.844 bits per heavy atom. The third kappa shape index (κ3) is 9.34. The fraction of sp³-hybridized carbons (Fsp3) is 0.731. The molecule has 32 heavy (non-hydrogen) atoms. The highest BCUT2D eigenvalue weighted by Gasteiger charge is 2.38. The molecule has 182 valence electrons. The van der Waals surface area contributed by atoms with Crippen LogP contribution in [0.3, 0.4) is 0 Å². The molecule has 2 rings (SSSR count). The molecule has 1 atom stereocenters. The zero-order chi connectivity index (χ0) is 23.2. The van der Waals surface area contributed by atoms with E-state index < -0.39 is 10.0 Å². The van der Waals surface area contributed by atoms with Gasteiger partial charge in [-0.1, -0.05) is 138 Å². The van der Waals surface area contributed by atoms with Gasteiger partial charge in [-0.05, 0) is 25.5 Å². The summed E-state index contributed by atoms with van der Waals surface area (Å²) in [5.41, 5.74) is 1.06. The Bertz CT molecular complexity index is 762. The van der Waals surface area contributed by atoms with Crippen LogP contribution in [0.5, 0.6) is 0 Å². The first-order valence-electron chi connectivity index (χ1n) is 12.7. The van der Waals surface area contributed by atoms with Crippen molar-refractivity contribution in [3.63, 3.8) is 0 Å². The first-order chi connectivity index (χ1) is 15.5. The summed E-state index contributed by atoms with van der Waals surface area (Å²) < 4.78 is 28.3. The molecule has 0 spiro atoms. The number of nitrogens with zero attached hydrogens (tertiary/aromatic N) is 1. The quantitative estimate of drug-likeness (QED) is 0.160. The number of unbranched alkanes of at least 4 members (excludes halogenated alkanes) is 13. The molecule has 0 aromatic heterocycles. The molecule has 1 saturated heterocycles. The van der Waals surface area contributed by atoms with E-state index in [1.807, 2.05) is 19.1 Å². The normalized spacial score (nSPS) is 16.8. The Morgan fingerprint density at radius 3 is 1.81 bits per heavy atom. The van der Waals surface area contributed by atoms with Crippen molar-refractivity contribution in [3.8, 4) is 0 Å². The van der Waals surface area contributed by atoms with Gasteiger partial charge in [0.2, 0.25) is 0 Å². The van der Waals surface area contributed by atoms with Crippen LogP contribution in [0.4, 0.5) is 0 Å². The van der Waals surface area contributed by atoms with Crippen molar-refractivity contribution in [1.29, 1.82) is 0 Å². The molecule has 0 saturated carbocycles. The van der Waals surface area contributed by atoms with E-state index in [2.05, 4.69) is 6.92 Å². The zero-order valence-corrected chi connectivity index (χ0v) is 22.6.